The van der Waals surface area contributed by atoms with Gasteiger partial charge in [-0.05, 0) is 46.3 Å². The van der Waals surface area contributed by atoms with E-state index in [1.54, 1.807) is 18.2 Å². The van der Waals surface area contributed by atoms with Crippen molar-refractivity contribution in [2.45, 2.75) is 0 Å². The maximum atomic E-state index is 11.5. The Morgan fingerprint density at radius 1 is 1.50 bits per heavy atom. The van der Waals surface area contributed by atoms with Crippen LogP contribution < -0.4 is 10.3 Å². The van der Waals surface area contributed by atoms with Crippen molar-refractivity contribution in [3.05, 3.63) is 42.5 Å². The number of nitrogens with zero attached hydrogens (tertiary/aromatic N) is 1. The van der Waals surface area contributed by atoms with E-state index in [1.807, 2.05) is 0 Å². The van der Waals surface area contributed by atoms with Crippen LogP contribution in [-0.2, 0) is 0 Å². The van der Waals surface area contributed by atoms with E-state index in [2.05, 4.69) is 27.6 Å². The quantitative estimate of drug-likeness (QED) is 0.453. The molecule has 1 aromatic heterocycles. The van der Waals surface area contributed by atoms with Crippen LogP contribution in [0.2, 0.25) is 5.15 Å². The Bertz CT molecular complexity index is 567. The van der Waals surface area contributed by atoms with Gasteiger partial charge in [0.1, 0.15) is 5.52 Å². The number of hydrogen-bond donors (Lipinski definition) is 1. The highest BCUT2D eigenvalue weighted by molar-refractivity contribution is 14.1. The van der Waals surface area contributed by atoms with Gasteiger partial charge in [-0.3, -0.25) is 4.79 Å². The number of rotatable bonds is 0. The highest BCUT2D eigenvalue weighted by Crippen LogP contribution is 2.11. The van der Waals surface area contributed by atoms with E-state index in [0.717, 1.165) is 3.57 Å². The minimum absolute atomic E-state index is 0.362. The monoisotopic (exact) mass is 322 g/mol. The Balaban J connectivity index is 2.99. The smallest absolute Gasteiger partial charge is 0.352 e. The van der Waals surface area contributed by atoms with Crippen molar-refractivity contribution < 1.29 is 4.73 Å². The van der Waals surface area contributed by atoms with Gasteiger partial charge in [-0.2, -0.15) is 0 Å². The predicted octanol–water partition coefficient (Wildman–Crippen LogP) is 1.42. The fourth-order valence-corrected chi connectivity index (χ4v) is 1.76. The normalized spacial score (nSPS) is 10.7. The minimum atomic E-state index is -0.574. The number of benzene rings is 1. The molecule has 72 valence electrons. The molecule has 0 fully saturated rings. The average Bonchev–Trinajstić information content (AvgIpc) is 2.16. The molecule has 2 rings (SSSR count). The van der Waals surface area contributed by atoms with Crippen LogP contribution in [0.5, 0.6) is 0 Å². The largest absolute Gasteiger partial charge is 0.617 e. The molecule has 0 spiro atoms. The Morgan fingerprint density at radius 3 is 2.93 bits per heavy atom. The Labute approximate surface area is 97.2 Å². The van der Waals surface area contributed by atoms with Crippen molar-refractivity contribution in [3.63, 3.8) is 0 Å². The van der Waals surface area contributed by atoms with Crippen molar-refractivity contribution in [2.75, 3.05) is 0 Å². The lowest BCUT2D eigenvalue weighted by Gasteiger charge is -2.02. The third-order valence-corrected chi connectivity index (χ3v) is 2.79. The molecule has 14 heavy (non-hydrogen) atoms. The number of nitrogens with one attached hydrogen (secondary N) is 1. The van der Waals surface area contributed by atoms with E-state index < -0.39 is 5.56 Å². The molecule has 1 N–H and O–H groups in total. The van der Waals surface area contributed by atoms with Gasteiger partial charge in [0, 0.05) is 9.64 Å². The summed E-state index contributed by atoms with van der Waals surface area (Å²) in [5, 5.41) is 11.1. The molecule has 2 aromatic rings. The predicted molar refractivity (Wildman–Crippen MR) is 61.3 cm³/mol. The van der Waals surface area contributed by atoms with E-state index in [1.165, 1.54) is 0 Å². The molecule has 0 saturated carbocycles. The van der Waals surface area contributed by atoms with Gasteiger partial charge in [0.05, 0.1) is 0 Å². The van der Waals surface area contributed by atoms with Gasteiger partial charge in [-0.25, -0.2) is 0 Å². The van der Waals surface area contributed by atoms with Crippen molar-refractivity contribution in [1.82, 2.24) is 4.98 Å². The summed E-state index contributed by atoms with van der Waals surface area (Å²) in [4.78, 5) is 13.6. The number of fused-ring (bicyclic) bond motifs is 1. The molecule has 0 saturated heterocycles. The van der Waals surface area contributed by atoms with Crippen molar-refractivity contribution >= 4 is 45.2 Å². The summed E-state index contributed by atoms with van der Waals surface area (Å²) in [6.45, 7) is 0. The average molecular weight is 322 g/mol. The number of hydrogen-bond acceptors (Lipinski definition) is 2. The first-order valence-electron chi connectivity index (χ1n) is 3.70. The zero-order valence-electron chi connectivity index (χ0n) is 6.75. The Morgan fingerprint density at radius 2 is 2.21 bits per heavy atom. The molecule has 0 aliphatic heterocycles. The summed E-state index contributed by atoms with van der Waals surface area (Å²) in [7, 11) is 0. The first-order chi connectivity index (χ1) is 6.59. The number of halogens is 2. The Hall–Kier alpha value is -0.820. The second kappa shape index (κ2) is 3.39. The summed E-state index contributed by atoms with van der Waals surface area (Å²) >= 11 is 7.59. The molecule has 0 radical (unpaired) electrons. The van der Waals surface area contributed by atoms with Crippen LogP contribution >= 0.6 is 34.2 Å². The molecule has 4 nitrogen and oxygen atoms in total. The van der Waals surface area contributed by atoms with Crippen LogP contribution in [0.25, 0.3) is 11.0 Å². The molecule has 0 unspecified atom stereocenters. The second-order valence-corrected chi connectivity index (χ2v) is 4.30. The first kappa shape index (κ1) is 9.72. The molecular weight excluding hydrogens is 318 g/mol. The van der Waals surface area contributed by atoms with Gasteiger partial charge in [-0.1, -0.05) is 0 Å². The Kier molecular flexibility index (Phi) is 2.36. The molecule has 1 aromatic carbocycles. The van der Waals surface area contributed by atoms with Crippen molar-refractivity contribution in [2.24, 2.45) is 0 Å². The fourth-order valence-electron chi connectivity index (χ4n) is 1.15. The lowest BCUT2D eigenvalue weighted by molar-refractivity contribution is -0.575. The van der Waals surface area contributed by atoms with Crippen LogP contribution in [0.15, 0.2) is 23.0 Å². The molecular formula is C8H4ClIN2O2. The summed E-state index contributed by atoms with van der Waals surface area (Å²) in [5.41, 5.74) is 0.270. The topological polar surface area (TPSA) is 59.8 Å². The van der Waals surface area contributed by atoms with Crippen LogP contribution in [0.1, 0.15) is 0 Å². The summed E-state index contributed by atoms with van der Waals surface area (Å²) in [5.74, 6) is 0. The molecule has 0 aliphatic carbocycles. The van der Waals surface area contributed by atoms with Crippen LogP contribution in [0, 0.1) is 8.78 Å². The SMILES string of the molecule is O=c1[nH]c2ccc(I)cc2[n+]([O-])c1Cl. The highest BCUT2D eigenvalue weighted by Gasteiger charge is 2.13. The third-order valence-electron chi connectivity index (χ3n) is 1.79. The van der Waals surface area contributed by atoms with E-state index in [-0.39, 0.29) is 5.15 Å². The molecule has 0 bridgehead atoms. The minimum Gasteiger partial charge on any atom is -0.617 e. The summed E-state index contributed by atoms with van der Waals surface area (Å²) in [6, 6.07) is 5.13. The lowest BCUT2D eigenvalue weighted by atomic mass is 10.3. The third kappa shape index (κ3) is 1.46. The van der Waals surface area contributed by atoms with Gasteiger partial charge >= 0.3 is 10.7 Å². The fraction of sp³-hybridized carbons (Fsp3) is 0. The van der Waals surface area contributed by atoms with E-state index >= 15 is 0 Å². The molecule has 6 heteroatoms. The molecule has 0 amide bonds. The first-order valence-corrected chi connectivity index (χ1v) is 5.16. The number of aromatic amines is 1. The van der Waals surface area contributed by atoms with Crippen LogP contribution in [0.3, 0.4) is 0 Å². The zero-order chi connectivity index (χ0) is 10.3. The van der Waals surface area contributed by atoms with Gasteiger partial charge in [0.2, 0.25) is 5.52 Å². The van der Waals surface area contributed by atoms with E-state index in [9.17, 15) is 10.0 Å². The summed E-state index contributed by atoms with van der Waals surface area (Å²) < 4.78 is 1.33. The lowest BCUT2D eigenvalue weighted by Crippen LogP contribution is -2.35. The molecule has 0 aliphatic rings. The van der Waals surface area contributed by atoms with E-state index in [0.29, 0.717) is 15.8 Å². The highest BCUT2D eigenvalue weighted by atomic mass is 127. The van der Waals surface area contributed by atoms with Gasteiger partial charge in [0.15, 0.2) is 0 Å². The van der Waals surface area contributed by atoms with Crippen LogP contribution in [-0.4, -0.2) is 4.98 Å². The van der Waals surface area contributed by atoms with Crippen molar-refractivity contribution in [3.8, 4) is 0 Å². The zero-order valence-corrected chi connectivity index (χ0v) is 9.67. The van der Waals surface area contributed by atoms with Crippen molar-refractivity contribution in [1.29, 1.82) is 0 Å². The second-order valence-electron chi connectivity index (χ2n) is 2.70. The van der Waals surface area contributed by atoms with Gasteiger partial charge < -0.3 is 10.2 Å². The maximum absolute atomic E-state index is 11.5. The molecule has 0 atom stereocenters. The maximum Gasteiger partial charge on any atom is 0.352 e. The van der Waals surface area contributed by atoms with Crippen LogP contribution in [0.4, 0.5) is 0 Å². The van der Waals surface area contributed by atoms with E-state index in [4.69, 9.17) is 11.6 Å². The number of H-pyrrole nitrogens is 1. The molecule has 1 heterocycles. The standard InChI is InChI=1S/C8H4ClIN2O2/c9-7-8(13)11-5-2-1-4(10)3-6(5)12(7)14/h1-3H,(H,11,13). The van der Waals surface area contributed by atoms with Gasteiger partial charge in [0.25, 0.3) is 0 Å². The van der Waals surface area contributed by atoms with Gasteiger partial charge in [-0.15, -0.1) is 4.73 Å². The summed E-state index contributed by atoms with van der Waals surface area (Å²) in [6.07, 6.45) is 0. The number of aromatic nitrogens is 2.